The van der Waals surface area contributed by atoms with Crippen LogP contribution in [0, 0.1) is 0 Å². The first-order chi connectivity index (χ1) is 3.06. The molecule has 0 saturated heterocycles. The van der Waals surface area contributed by atoms with E-state index >= 15 is 0 Å². The van der Waals surface area contributed by atoms with Gasteiger partial charge < -0.3 is 0 Å². The van der Waals surface area contributed by atoms with Gasteiger partial charge in [-0.1, -0.05) is 4.33 Å². The fourth-order valence-electron chi connectivity index (χ4n) is 0.0325. The van der Waals surface area contributed by atoms with Gasteiger partial charge >= 0.3 is 69.5 Å². The van der Waals surface area contributed by atoms with Gasteiger partial charge in [0.1, 0.15) is 11.9 Å². The molecule has 0 unspecified atom stereocenters. The Morgan fingerprint density at radius 1 is 1.33 bits per heavy atom. The van der Waals surface area contributed by atoms with Gasteiger partial charge in [0.15, 0.2) is 0 Å². The Bertz CT molecular complexity index is 128. The van der Waals surface area contributed by atoms with E-state index in [0.29, 0.717) is 0 Å². The van der Waals surface area contributed by atoms with Crippen molar-refractivity contribution in [1.82, 2.24) is 0 Å². The molecule has 0 aliphatic carbocycles. The Kier molecular flexibility index (Phi) is 15.8. The molecule has 0 aromatic carbocycles. The molecule has 5 nitrogen and oxygen atoms in total. The van der Waals surface area contributed by atoms with Crippen molar-refractivity contribution >= 4 is 81.4 Å². The molecule has 0 rings (SSSR count). The first-order valence-electron chi connectivity index (χ1n) is 1.00. The van der Waals surface area contributed by atoms with E-state index in [2.05, 4.69) is 20.6 Å². The minimum atomic E-state index is -4.53. The molecule has 0 atom stereocenters. The topological polar surface area (TPSA) is 72.8 Å². The molecule has 1 N–H and O–H groups in total. The van der Waals surface area contributed by atoms with Crippen molar-refractivity contribution in [2.75, 3.05) is 0 Å². The Hall–Kier alpha value is 2.12. The number of halogens is 1. The van der Waals surface area contributed by atoms with Crippen LogP contribution in [0.25, 0.3) is 0 Å². The molecule has 0 aromatic heterocycles. The van der Waals surface area contributed by atoms with Crippen molar-refractivity contribution in [3.05, 3.63) is 0 Å². The molecule has 0 bridgehead atoms. The molecule has 9 heteroatoms. The second-order valence-electron chi connectivity index (χ2n) is 0.559. The molecule has 0 aliphatic heterocycles. The van der Waals surface area contributed by atoms with E-state index in [0.717, 1.165) is 0 Å². The van der Waals surface area contributed by atoms with Crippen LogP contribution in [0.3, 0.4) is 0 Å². The molecule has 0 saturated carbocycles. The van der Waals surface area contributed by atoms with Crippen molar-refractivity contribution in [1.29, 1.82) is 0 Å². The third kappa shape index (κ3) is 17.8. The maximum absolute atomic E-state index is 9.36. The molecule has 0 heterocycles. The summed E-state index contributed by atoms with van der Waals surface area (Å²) in [5.41, 5.74) is 0. The fourth-order valence-corrected chi connectivity index (χ4v) is 0.292. The van der Waals surface area contributed by atoms with Gasteiger partial charge in [0.2, 0.25) is 0 Å². The van der Waals surface area contributed by atoms with E-state index in [-0.39, 0.29) is 59.1 Å². The predicted molar refractivity (Wildman–Crippen MR) is 33.9 cm³/mol. The quantitative estimate of drug-likeness (QED) is 0.254. The summed E-state index contributed by atoms with van der Waals surface area (Å²) in [4.78, 5) is 0. The number of hydrogen-bond donors (Lipinski definition) is 1. The summed E-state index contributed by atoms with van der Waals surface area (Å²) in [6.07, 6.45) is 0. The maximum atomic E-state index is 9.36. The second kappa shape index (κ2) is 8.22. The normalized spacial score (nSPS) is 9.11. The van der Waals surface area contributed by atoms with Crippen LogP contribution in [-0.2, 0) is 19.2 Å². The molecule has 0 spiro atoms. The van der Waals surface area contributed by atoms with Gasteiger partial charge in [-0.2, -0.15) is 8.42 Å². The van der Waals surface area contributed by atoms with Gasteiger partial charge in [-0.3, -0.25) is 4.55 Å². The zero-order valence-electron chi connectivity index (χ0n) is 2.87. The summed E-state index contributed by atoms with van der Waals surface area (Å²) in [6, 6.07) is 0. The van der Waals surface area contributed by atoms with E-state index in [1.807, 2.05) is 0 Å². The van der Waals surface area contributed by atoms with Crippen molar-refractivity contribution in [2.45, 2.75) is 0 Å². The van der Waals surface area contributed by atoms with Gasteiger partial charge in [-0.25, -0.2) is 0 Å². The summed E-state index contributed by atoms with van der Waals surface area (Å²) in [7, 11) is -4.53. The summed E-state index contributed by atoms with van der Waals surface area (Å²) >= 11 is 4.22. The van der Waals surface area contributed by atoms with Crippen LogP contribution < -0.4 is 0 Å². The summed E-state index contributed by atoms with van der Waals surface area (Å²) in [5.74, 6) is 0. The zero-order chi connectivity index (χ0) is 5.91. The van der Waals surface area contributed by atoms with Gasteiger partial charge in [-0.05, 0) is 0 Å². The molecule has 48 valence electrons. The van der Waals surface area contributed by atoms with Crippen molar-refractivity contribution in [3.8, 4) is 0 Å². The third-order valence-corrected chi connectivity index (χ3v) is 0.489. The predicted octanol–water partition coefficient (Wildman–Crippen LogP) is -1.41. The van der Waals surface area contributed by atoms with Gasteiger partial charge in [0, 0.05) is 0 Å². The minimum absolute atomic E-state index is 0. The third-order valence-electron chi connectivity index (χ3n) is 0.112. The van der Waals surface area contributed by atoms with Crippen molar-refractivity contribution in [3.63, 3.8) is 0 Å². The van der Waals surface area contributed by atoms with Crippen molar-refractivity contribution < 1.29 is 21.7 Å². The average molecular weight is 197 g/mol. The SMILES string of the molecule is O=S(=O)(O)OOCl.[NaH].[NaH]. The molecular weight excluding hydrogens is 193 g/mol. The molecule has 0 aromatic rings. The molecule has 0 radical (unpaired) electrons. The molecule has 9 heavy (non-hydrogen) atoms. The van der Waals surface area contributed by atoms with Crippen LogP contribution in [0.2, 0.25) is 0 Å². The van der Waals surface area contributed by atoms with Crippen LogP contribution in [0.1, 0.15) is 0 Å². The second-order valence-corrected chi connectivity index (χ2v) is 1.68. The monoisotopic (exact) mass is 196 g/mol. The zero-order valence-corrected chi connectivity index (χ0v) is 4.44. The van der Waals surface area contributed by atoms with Crippen LogP contribution >= 0.6 is 11.9 Å². The van der Waals surface area contributed by atoms with Crippen LogP contribution in [-0.4, -0.2) is 72.1 Å². The molecular formula is H3ClNa2O5S. The van der Waals surface area contributed by atoms with Gasteiger partial charge in [-0.15, -0.1) is 4.44 Å². The standard InChI is InChI=1S/ClHO5S.2Na.2H/c1-5-6-7(2,3)4;;;;/h(H,2,3,4);;;;. The first kappa shape index (κ1) is 17.3. The Morgan fingerprint density at radius 3 is 1.67 bits per heavy atom. The van der Waals surface area contributed by atoms with Crippen LogP contribution in [0.15, 0.2) is 0 Å². The average Bonchev–Trinajstić information content (AvgIpc) is 1.30. The van der Waals surface area contributed by atoms with Crippen LogP contribution in [0.5, 0.6) is 0 Å². The molecule has 0 amide bonds. The van der Waals surface area contributed by atoms with Crippen LogP contribution in [0.4, 0.5) is 0 Å². The Morgan fingerprint density at radius 2 is 1.67 bits per heavy atom. The number of hydrogen-bond acceptors (Lipinski definition) is 4. The summed E-state index contributed by atoms with van der Waals surface area (Å²) < 4.78 is 32.3. The first-order valence-corrected chi connectivity index (χ1v) is 2.68. The fraction of sp³-hybridized carbons (Fsp3) is 0. The van der Waals surface area contributed by atoms with E-state index in [9.17, 15) is 8.42 Å². The van der Waals surface area contributed by atoms with Gasteiger partial charge in [0.05, 0.1) is 0 Å². The molecule has 0 fully saturated rings. The van der Waals surface area contributed by atoms with Gasteiger partial charge in [0.25, 0.3) is 0 Å². The summed E-state index contributed by atoms with van der Waals surface area (Å²) in [6.45, 7) is 0. The Balaban J connectivity index is -0.000000180. The van der Waals surface area contributed by atoms with E-state index in [4.69, 9.17) is 4.55 Å². The van der Waals surface area contributed by atoms with E-state index < -0.39 is 10.4 Å². The molecule has 0 aliphatic rings. The Labute approximate surface area is 102 Å². The van der Waals surface area contributed by atoms with E-state index in [1.165, 1.54) is 0 Å². The van der Waals surface area contributed by atoms with E-state index in [1.54, 1.807) is 0 Å². The number of rotatable bonds is 2. The summed E-state index contributed by atoms with van der Waals surface area (Å²) in [5, 5.41) is 0. The van der Waals surface area contributed by atoms with Crippen molar-refractivity contribution in [2.24, 2.45) is 0 Å².